The minimum atomic E-state index is -0.669. The van der Waals surface area contributed by atoms with Crippen LogP contribution in [-0.4, -0.2) is 50.0 Å². The Morgan fingerprint density at radius 1 is 1.11 bits per heavy atom. The predicted octanol–water partition coefficient (Wildman–Crippen LogP) is 1.94. The molecule has 1 aromatic heterocycles. The quantitative estimate of drug-likeness (QED) is 0.536. The van der Waals surface area contributed by atoms with Crippen LogP contribution in [0, 0.1) is 6.92 Å². The predicted molar refractivity (Wildman–Crippen MR) is 98.0 cm³/mol. The number of benzene rings is 1. The lowest BCUT2D eigenvalue weighted by Gasteiger charge is -2.12. The van der Waals surface area contributed by atoms with Gasteiger partial charge in [-0.3, -0.25) is 9.89 Å². The minimum absolute atomic E-state index is 0.363. The Kier molecular flexibility index (Phi) is 6.81. The molecule has 0 bridgehead atoms. The second-order valence-electron chi connectivity index (χ2n) is 5.38. The number of hydrogen-bond donors (Lipinski definition) is 2. The number of rotatable bonds is 8. The van der Waals surface area contributed by atoms with Crippen molar-refractivity contribution in [1.82, 2.24) is 10.2 Å². The SMILES string of the molecule is COc1cc(/C=C/C(=O)OCC(=O)Nc2cc(C)[nH]n2)cc(OC)c1OC. The number of methoxy groups -OCH3 is 3. The fourth-order valence-corrected chi connectivity index (χ4v) is 2.21. The molecule has 0 fully saturated rings. The van der Waals surface area contributed by atoms with E-state index in [1.54, 1.807) is 25.1 Å². The molecule has 2 rings (SSSR count). The van der Waals surface area contributed by atoms with Gasteiger partial charge >= 0.3 is 5.97 Å². The molecule has 144 valence electrons. The Hall–Kier alpha value is -3.49. The second kappa shape index (κ2) is 9.27. The van der Waals surface area contributed by atoms with E-state index in [4.69, 9.17) is 18.9 Å². The third-order valence-electron chi connectivity index (χ3n) is 3.42. The molecule has 0 radical (unpaired) electrons. The summed E-state index contributed by atoms with van der Waals surface area (Å²) in [6.07, 6.45) is 2.72. The van der Waals surface area contributed by atoms with Crippen LogP contribution in [0.15, 0.2) is 24.3 Å². The molecule has 0 aliphatic carbocycles. The highest BCUT2D eigenvalue weighted by Gasteiger charge is 2.12. The molecule has 9 heteroatoms. The van der Waals surface area contributed by atoms with Gasteiger partial charge in [0.15, 0.2) is 23.9 Å². The fraction of sp³-hybridized carbons (Fsp3) is 0.278. The molecule has 2 aromatic rings. The number of anilines is 1. The monoisotopic (exact) mass is 375 g/mol. The van der Waals surface area contributed by atoms with E-state index in [-0.39, 0.29) is 0 Å². The lowest BCUT2D eigenvalue weighted by atomic mass is 10.1. The van der Waals surface area contributed by atoms with Crippen LogP contribution in [-0.2, 0) is 14.3 Å². The number of carbonyl (C=O) groups is 2. The number of aromatic amines is 1. The third-order valence-corrected chi connectivity index (χ3v) is 3.42. The molecular formula is C18H21N3O6. The van der Waals surface area contributed by atoms with Crippen molar-refractivity contribution in [2.24, 2.45) is 0 Å². The highest BCUT2D eigenvalue weighted by atomic mass is 16.5. The van der Waals surface area contributed by atoms with E-state index < -0.39 is 18.5 Å². The number of nitrogens with one attached hydrogen (secondary N) is 2. The molecule has 1 aromatic carbocycles. The van der Waals surface area contributed by atoms with Crippen LogP contribution in [0.5, 0.6) is 17.2 Å². The fourth-order valence-electron chi connectivity index (χ4n) is 2.21. The maximum absolute atomic E-state index is 11.8. The first-order valence-corrected chi connectivity index (χ1v) is 7.93. The van der Waals surface area contributed by atoms with Crippen LogP contribution < -0.4 is 19.5 Å². The van der Waals surface area contributed by atoms with Crippen LogP contribution in [0.4, 0.5) is 5.82 Å². The number of amides is 1. The van der Waals surface area contributed by atoms with Gasteiger partial charge in [0, 0.05) is 17.8 Å². The average Bonchev–Trinajstić information content (AvgIpc) is 3.08. The number of aromatic nitrogens is 2. The lowest BCUT2D eigenvalue weighted by Crippen LogP contribution is -2.20. The zero-order chi connectivity index (χ0) is 19.8. The van der Waals surface area contributed by atoms with Gasteiger partial charge in [-0.1, -0.05) is 0 Å². The molecule has 9 nitrogen and oxygen atoms in total. The Morgan fingerprint density at radius 2 is 1.78 bits per heavy atom. The van der Waals surface area contributed by atoms with Crippen LogP contribution in [0.25, 0.3) is 6.08 Å². The van der Waals surface area contributed by atoms with E-state index in [9.17, 15) is 9.59 Å². The summed E-state index contributed by atoms with van der Waals surface area (Å²) >= 11 is 0. The molecule has 0 atom stereocenters. The number of ether oxygens (including phenoxy) is 4. The first-order chi connectivity index (χ1) is 13.0. The Morgan fingerprint density at radius 3 is 2.30 bits per heavy atom. The standard InChI is InChI=1S/C18H21N3O6/c1-11-7-15(21-20-11)19-16(22)10-27-17(23)6-5-12-8-13(24-2)18(26-4)14(9-12)25-3/h5-9H,10H2,1-4H3,(H2,19,20,21,22)/b6-5+. The summed E-state index contributed by atoms with van der Waals surface area (Å²) in [5, 5.41) is 9.06. The molecule has 0 unspecified atom stereocenters. The number of nitrogens with zero attached hydrogens (tertiary/aromatic N) is 1. The molecule has 1 amide bonds. The average molecular weight is 375 g/mol. The largest absolute Gasteiger partial charge is 0.493 e. The van der Waals surface area contributed by atoms with Gasteiger partial charge in [0.2, 0.25) is 5.75 Å². The molecule has 0 saturated heterocycles. The van der Waals surface area contributed by atoms with Crippen molar-refractivity contribution in [2.45, 2.75) is 6.92 Å². The Labute approximate surface area is 156 Å². The number of carbonyl (C=O) groups excluding carboxylic acids is 2. The van der Waals surface area contributed by atoms with Crippen molar-refractivity contribution in [3.63, 3.8) is 0 Å². The van der Waals surface area contributed by atoms with Gasteiger partial charge in [0.05, 0.1) is 21.3 Å². The molecule has 0 spiro atoms. The van der Waals surface area contributed by atoms with E-state index in [1.807, 2.05) is 0 Å². The van der Waals surface area contributed by atoms with E-state index >= 15 is 0 Å². The van der Waals surface area contributed by atoms with Crippen molar-refractivity contribution < 1.29 is 28.5 Å². The third kappa shape index (κ3) is 5.50. The number of H-pyrrole nitrogens is 1. The summed E-state index contributed by atoms with van der Waals surface area (Å²) in [6.45, 7) is 1.38. The Bertz CT molecular complexity index is 818. The number of aryl methyl sites for hydroxylation is 1. The summed E-state index contributed by atoms with van der Waals surface area (Å²) < 4.78 is 20.6. The maximum atomic E-state index is 11.8. The molecule has 0 aliphatic heterocycles. The van der Waals surface area contributed by atoms with E-state index in [1.165, 1.54) is 33.5 Å². The molecule has 0 saturated carbocycles. The molecule has 2 N–H and O–H groups in total. The van der Waals surface area contributed by atoms with Gasteiger partial charge in [0.1, 0.15) is 0 Å². The highest BCUT2D eigenvalue weighted by molar-refractivity contribution is 5.94. The summed E-state index contributed by atoms with van der Waals surface area (Å²) in [5.74, 6) is 0.566. The van der Waals surface area contributed by atoms with Crippen LogP contribution in [0.2, 0.25) is 0 Å². The molecule has 0 aliphatic rings. The van der Waals surface area contributed by atoms with Crippen LogP contribution in [0.3, 0.4) is 0 Å². The smallest absolute Gasteiger partial charge is 0.331 e. The van der Waals surface area contributed by atoms with Gasteiger partial charge in [-0.15, -0.1) is 0 Å². The van der Waals surface area contributed by atoms with Crippen molar-refractivity contribution >= 4 is 23.8 Å². The number of esters is 1. The maximum Gasteiger partial charge on any atom is 0.331 e. The normalized spacial score (nSPS) is 10.5. The molecular weight excluding hydrogens is 354 g/mol. The van der Waals surface area contributed by atoms with Crippen molar-refractivity contribution in [3.8, 4) is 17.2 Å². The van der Waals surface area contributed by atoms with Gasteiger partial charge < -0.3 is 24.3 Å². The van der Waals surface area contributed by atoms with Crippen molar-refractivity contribution in [1.29, 1.82) is 0 Å². The summed E-state index contributed by atoms with van der Waals surface area (Å²) in [6, 6.07) is 5.01. The van der Waals surface area contributed by atoms with E-state index in [0.29, 0.717) is 28.6 Å². The zero-order valence-corrected chi connectivity index (χ0v) is 15.5. The summed E-state index contributed by atoms with van der Waals surface area (Å²) in [7, 11) is 4.50. The second-order valence-corrected chi connectivity index (χ2v) is 5.38. The molecule has 1 heterocycles. The minimum Gasteiger partial charge on any atom is -0.493 e. The van der Waals surface area contributed by atoms with Gasteiger partial charge in [-0.25, -0.2) is 4.79 Å². The first kappa shape index (κ1) is 19.8. The van der Waals surface area contributed by atoms with Gasteiger partial charge in [-0.2, -0.15) is 5.10 Å². The zero-order valence-electron chi connectivity index (χ0n) is 15.5. The summed E-state index contributed by atoms with van der Waals surface area (Å²) in [4.78, 5) is 23.5. The van der Waals surface area contributed by atoms with Crippen molar-refractivity contribution in [3.05, 3.63) is 35.5 Å². The van der Waals surface area contributed by atoms with Crippen molar-refractivity contribution in [2.75, 3.05) is 33.3 Å². The Balaban J connectivity index is 1.94. The van der Waals surface area contributed by atoms with E-state index in [0.717, 1.165) is 5.69 Å². The summed E-state index contributed by atoms with van der Waals surface area (Å²) in [5.41, 5.74) is 1.44. The number of hydrogen-bond acceptors (Lipinski definition) is 7. The van der Waals surface area contributed by atoms with Gasteiger partial charge in [0.25, 0.3) is 5.91 Å². The molecule has 27 heavy (non-hydrogen) atoms. The highest BCUT2D eigenvalue weighted by Crippen LogP contribution is 2.38. The lowest BCUT2D eigenvalue weighted by molar-refractivity contribution is -0.142. The van der Waals surface area contributed by atoms with Crippen LogP contribution in [0.1, 0.15) is 11.3 Å². The first-order valence-electron chi connectivity index (χ1n) is 7.93. The van der Waals surface area contributed by atoms with Gasteiger partial charge in [-0.05, 0) is 30.7 Å². The topological polar surface area (TPSA) is 112 Å². The van der Waals surface area contributed by atoms with E-state index in [2.05, 4.69) is 15.5 Å². The van der Waals surface area contributed by atoms with Crippen LogP contribution >= 0.6 is 0 Å².